The molecule has 1 unspecified atom stereocenters. The lowest BCUT2D eigenvalue weighted by atomic mass is 9.79. The highest BCUT2D eigenvalue weighted by molar-refractivity contribution is 5.91. The predicted molar refractivity (Wildman–Crippen MR) is 230 cm³/mol. The molecule has 18 nitrogen and oxygen atoms in total. The van der Waals surface area contributed by atoms with Crippen LogP contribution in [0.4, 0.5) is 0 Å². The normalized spacial score (nSPS) is 44.6. The molecule has 21 atom stereocenters. The number of aldehydes is 1. The number of aliphatic hydroxyl groups excluding tert-OH is 4. The summed E-state index contributed by atoms with van der Waals surface area (Å²) in [5.41, 5.74) is -0.806. The summed E-state index contributed by atoms with van der Waals surface area (Å²) < 4.78 is 54.7. The van der Waals surface area contributed by atoms with Crippen molar-refractivity contribution in [3.8, 4) is 0 Å². The Balaban J connectivity index is 1.62. The first-order chi connectivity index (χ1) is 30.1. The van der Waals surface area contributed by atoms with Crippen molar-refractivity contribution in [1.29, 1.82) is 0 Å². The first-order valence-electron chi connectivity index (χ1n) is 22.7. The molecule has 18 heteroatoms. The van der Waals surface area contributed by atoms with Gasteiger partial charge in [-0.15, -0.1) is 0 Å². The molecule has 0 amide bonds. The molecule has 0 bridgehead atoms. The van der Waals surface area contributed by atoms with Crippen LogP contribution in [-0.2, 0) is 57.0 Å². The number of aliphatic hydroxyl groups is 5. The number of hydrogen-bond donors (Lipinski definition) is 5. The lowest BCUT2D eigenvalue weighted by molar-refractivity contribution is -0.341. The van der Waals surface area contributed by atoms with Crippen molar-refractivity contribution in [2.24, 2.45) is 23.7 Å². The van der Waals surface area contributed by atoms with Crippen molar-refractivity contribution in [3.05, 3.63) is 23.8 Å². The van der Waals surface area contributed by atoms with Gasteiger partial charge >= 0.3 is 5.97 Å². The van der Waals surface area contributed by atoms with Gasteiger partial charge in [0.25, 0.3) is 0 Å². The smallest absolute Gasteiger partial charge is 0.308 e. The van der Waals surface area contributed by atoms with Crippen LogP contribution in [0.15, 0.2) is 23.8 Å². The average molecular weight is 916 g/mol. The van der Waals surface area contributed by atoms with Crippen LogP contribution in [0.2, 0.25) is 0 Å². The maximum atomic E-state index is 13.8. The van der Waals surface area contributed by atoms with E-state index < -0.39 is 140 Å². The van der Waals surface area contributed by atoms with E-state index in [1.807, 2.05) is 19.9 Å². The van der Waals surface area contributed by atoms with Crippen molar-refractivity contribution in [2.45, 2.75) is 191 Å². The Bertz CT molecular complexity index is 1560. The number of carbonyl (C=O) groups excluding carboxylic acids is 3. The second-order valence-corrected chi connectivity index (χ2v) is 18.7. The number of rotatable bonds is 13. The molecule has 64 heavy (non-hydrogen) atoms. The van der Waals surface area contributed by atoms with Gasteiger partial charge in [0.15, 0.2) is 24.7 Å². The molecule has 368 valence electrons. The van der Waals surface area contributed by atoms with Gasteiger partial charge in [0.2, 0.25) is 0 Å². The Morgan fingerprint density at radius 1 is 0.859 bits per heavy atom. The van der Waals surface area contributed by atoms with E-state index in [2.05, 4.69) is 0 Å². The van der Waals surface area contributed by atoms with Gasteiger partial charge in [-0.1, -0.05) is 38.5 Å². The summed E-state index contributed by atoms with van der Waals surface area (Å²) in [6, 6.07) is -0.748. The summed E-state index contributed by atoms with van der Waals surface area (Å²) in [4.78, 5) is 41.5. The van der Waals surface area contributed by atoms with E-state index in [0.29, 0.717) is 12.0 Å². The van der Waals surface area contributed by atoms with E-state index in [1.54, 1.807) is 59.7 Å². The monoisotopic (exact) mass is 916 g/mol. The fourth-order valence-electron chi connectivity index (χ4n) is 9.51. The van der Waals surface area contributed by atoms with Crippen LogP contribution < -0.4 is 0 Å². The SMILES string of the molecule is CC[C@H]1OC(=O)C[C@@H](O)[C@H](C)[C@@H](O[C@@H]2O[C@H](C)[C@@H](O[C@H]3CC(C)(O)[C@@H](O)[C@H](C)O3)[C@H](N(C)C)[C@H]2O)[C@@H](CC=O)C[C@@H](C)C(=O)C=CC(C)=C[C@@H]1CO[C@@H]1O[C@H](C)[C@@H](O)[C@@H](OC)[C@H]1OC. The summed E-state index contributed by atoms with van der Waals surface area (Å²) in [7, 11) is 6.43. The van der Waals surface area contributed by atoms with Crippen LogP contribution in [0.1, 0.15) is 87.5 Å². The summed E-state index contributed by atoms with van der Waals surface area (Å²) >= 11 is 0. The summed E-state index contributed by atoms with van der Waals surface area (Å²) in [5.74, 6) is -3.59. The zero-order valence-electron chi connectivity index (χ0n) is 39.7. The summed E-state index contributed by atoms with van der Waals surface area (Å²) in [5, 5.41) is 55.8. The second kappa shape index (κ2) is 24.1. The van der Waals surface area contributed by atoms with Crippen LogP contribution in [0, 0.1) is 23.7 Å². The lowest BCUT2D eigenvalue weighted by Gasteiger charge is -2.50. The minimum Gasteiger partial charge on any atom is -0.462 e. The highest BCUT2D eigenvalue weighted by Crippen LogP contribution is 2.37. The number of ether oxygens (including phenoxy) is 9. The van der Waals surface area contributed by atoms with Crippen LogP contribution in [0.5, 0.6) is 0 Å². The Morgan fingerprint density at radius 3 is 2.11 bits per heavy atom. The van der Waals surface area contributed by atoms with E-state index in [-0.39, 0.29) is 31.7 Å². The minimum atomic E-state index is -1.49. The molecule has 0 aliphatic carbocycles. The molecule has 4 aliphatic heterocycles. The average Bonchev–Trinajstić information content (AvgIpc) is 3.23. The number of likely N-dealkylation sites (N-methyl/N-ethyl adjacent to an activating group) is 1. The third-order valence-electron chi connectivity index (χ3n) is 13.4. The molecule has 0 aromatic rings. The van der Waals surface area contributed by atoms with Crippen molar-refractivity contribution in [2.75, 3.05) is 34.9 Å². The van der Waals surface area contributed by atoms with E-state index >= 15 is 0 Å². The molecule has 3 saturated heterocycles. The van der Waals surface area contributed by atoms with E-state index in [4.69, 9.17) is 42.6 Å². The number of methoxy groups -OCH3 is 2. The van der Waals surface area contributed by atoms with Gasteiger partial charge in [0.1, 0.15) is 49.0 Å². The quantitative estimate of drug-likeness (QED) is 0.131. The molecular weight excluding hydrogens is 838 g/mol. The molecule has 0 aromatic heterocycles. The van der Waals surface area contributed by atoms with Crippen LogP contribution in [0.25, 0.3) is 0 Å². The molecule has 4 aliphatic rings. The summed E-state index contributed by atoms with van der Waals surface area (Å²) in [6.45, 7) is 13.6. The third kappa shape index (κ3) is 13.5. The van der Waals surface area contributed by atoms with Gasteiger partial charge < -0.3 is 77.9 Å². The Hall–Kier alpha value is -2.27. The first-order valence-corrected chi connectivity index (χ1v) is 22.7. The van der Waals surface area contributed by atoms with Crippen LogP contribution in [0.3, 0.4) is 0 Å². The molecule has 3 fully saturated rings. The topological polar surface area (TPSA) is 239 Å². The highest BCUT2D eigenvalue weighted by atomic mass is 16.7. The standard InChI is InChI=1S/C46H77NO17/c1-13-33-30(22-58-45-42(57-12)41(56-11)37(52)26(5)60-45)18-23(2)14-15-31(49)24(3)19-29(16-17-48)39(25(4)32(50)20-34(51)62-33)64-44-38(53)36(47(9)10)40(27(6)61-44)63-35-21-46(8,55)43(54)28(7)59-35/h14-15,17-18,24-30,32-33,35-45,50,52-55H,13,16,19-22H2,1-12H3/t24-,25+,26-,27-,28+,29+,30-,32-,33-,35+,36-,37-,38-,39-,40-,41-,42-,43+,44+,45-,46?/m1/s1. The van der Waals surface area contributed by atoms with Gasteiger partial charge in [0, 0.05) is 44.8 Å². The fraction of sp³-hybridized carbons (Fsp3) is 0.848. The van der Waals surface area contributed by atoms with E-state index in [0.717, 1.165) is 6.29 Å². The lowest BCUT2D eigenvalue weighted by Crippen LogP contribution is -2.65. The maximum Gasteiger partial charge on any atom is 0.308 e. The molecule has 0 spiro atoms. The highest BCUT2D eigenvalue weighted by Gasteiger charge is 2.52. The van der Waals surface area contributed by atoms with E-state index in [1.165, 1.54) is 27.2 Å². The zero-order chi connectivity index (χ0) is 47.8. The molecule has 4 rings (SSSR count). The van der Waals surface area contributed by atoms with Gasteiger partial charge in [-0.3, -0.25) is 9.59 Å². The van der Waals surface area contributed by atoms with Crippen LogP contribution >= 0.6 is 0 Å². The Kier molecular flexibility index (Phi) is 20.5. The molecule has 4 heterocycles. The minimum absolute atomic E-state index is 0.00788. The third-order valence-corrected chi connectivity index (χ3v) is 13.4. The maximum absolute atomic E-state index is 13.8. The Morgan fingerprint density at radius 2 is 1.52 bits per heavy atom. The molecule has 0 radical (unpaired) electrons. The second-order valence-electron chi connectivity index (χ2n) is 18.7. The number of nitrogens with zero attached hydrogens (tertiary/aromatic N) is 1. The largest absolute Gasteiger partial charge is 0.462 e. The van der Waals surface area contributed by atoms with Crippen molar-refractivity contribution >= 4 is 18.0 Å². The predicted octanol–water partition coefficient (Wildman–Crippen LogP) is 1.83. The van der Waals surface area contributed by atoms with E-state index in [9.17, 15) is 39.9 Å². The van der Waals surface area contributed by atoms with Crippen molar-refractivity contribution in [3.63, 3.8) is 0 Å². The number of hydrogen-bond acceptors (Lipinski definition) is 18. The number of cyclic esters (lactones) is 1. The van der Waals surface area contributed by atoms with Gasteiger partial charge in [-0.2, -0.15) is 0 Å². The number of allylic oxidation sites excluding steroid dienone is 3. The molecule has 0 saturated carbocycles. The fourth-order valence-corrected chi connectivity index (χ4v) is 9.51. The van der Waals surface area contributed by atoms with Crippen LogP contribution in [-0.4, -0.2) is 187 Å². The number of esters is 1. The summed E-state index contributed by atoms with van der Waals surface area (Å²) in [6.07, 6.45) is -8.49. The Labute approximate surface area is 378 Å². The number of ketones is 1. The molecular formula is C46H77NO17. The van der Waals surface area contributed by atoms with Gasteiger partial charge in [-0.25, -0.2) is 0 Å². The zero-order valence-corrected chi connectivity index (χ0v) is 39.7. The van der Waals surface area contributed by atoms with Crippen molar-refractivity contribution in [1.82, 2.24) is 4.90 Å². The van der Waals surface area contributed by atoms with Gasteiger partial charge in [-0.05, 0) is 73.5 Å². The molecule has 5 N–H and O–H groups in total. The number of carbonyl (C=O) groups is 3. The van der Waals surface area contributed by atoms with Crippen molar-refractivity contribution < 1.29 is 82.5 Å². The first kappa shape index (κ1) is 54.3. The molecule has 0 aromatic carbocycles. The van der Waals surface area contributed by atoms with Gasteiger partial charge in [0.05, 0.1) is 55.2 Å².